The fourth-order valence-electron chi connectivity index (χ4n) is 5.09. The van der Waals surface area contributed by atoms with Crippen LogP contribution in [0.5, 0.6) is 0 Å². The summed E-state index contributed by atoms with van der Waals surface area (Å²) < 4.78 is 26.2. The molecule has 51 heavy (non-hydrogen) atoms. The van der Waals surface area contributed by atoms with E-state index in [9.17, 15) is 19.3 Å². The largest absolute Gasteiger partial charge is 0.469 e. The predicted octanol–water partition coefficient (Wildman–Crippen LogP) is 10.7. The zero-order valence-corrected chi connectivity index (χ0v) is 32.7. The van der Waals surface area contributed by atoms with Gasteiger partial charge in [-0.1, -0.05) is 139 Å². The Morgan fingerprint density at radius 3 is 1.80 bits per heavy atom. The second-order valence-electron chi connectivity index (χ2n) is 13.1. The lowest BCUT2D eigenvalue weighted by atomic mass is 10.1. The van der Waals surface area contributed by atoms with Crippen molar-refractivity contribution in [2.24, 2.45) is 0 Å². The fourth-order valence-corrected chi connectivity index (χ4v) is 5.45. The molecule has 0 rings (SSSR count). The molecule has 0 heterocycles. The molecule has 294 valence electrons. The number of hydrogen-bond donors (Lipinski definition) is 3. The van der Waals surface area contributed by atoms with Crippen LogP contribution in [0.2, 0.25) is 0 Å². The van der Waals surface area contributed by atoms with Gasteiger partial charge in [0.1, 0.15) is 6.61 Å². The summed E-state index contributed by atoms with van der Waals surface area (Å²) in [6.45, 7) is 3.50. The molecule has 10 heteroatoms. The average molecular weight is 739 g/mol. The predicted molar refractivity (Wildman–Crippen MR) is 208 cm³/mol. The molecule has 0 aliphatic heterocycles. The molecule has 3 N–H and O–H groups in total. The highest BCUT2D eigenvalue weighted by Gasteiger charge is 2.22. The maximum atomic E-state index is 12.4. The number of phosphoric ester groups is 1. The number of esters is 2. The first kappa shape index (κ1) is 48.7. The zero-order chi connectivity index (χ0) is 37.7. The number of hydrogen-bond acceptors (Lipinski definition) is 7. The van der Waals surface area contributed by atoms with Gasteiger partial charge in [0.25, 0.3) is 0 Å². The summed E-state index contributed by atoms with van der Waals surface area (Å²) in [5.74, 6) is -1.02. The van der Waals surface area contributed by atoms with Gasteiger partial charge in [-0.2, -0.15) is 0 Å². The van der Waals surface area contributed by atoms with Gasteiger partial charge < -0.3 is 24.4 Å². The molecular formula is C41H71O9P. The van der Waals surface area contributed by atoms with E-state index in [4.69, 9.17) is 19.3 Å². The van der Waals surface area contributed by atoms with E-state index >= 15 is 0 Å². The van der Waals surface area contributed by atoms with Gasteiger partial charge in [-0.25, -0.2) is 4.57 Å². The van der Waals surface area contributed by atoms with Gasteiger partial charge in [0.15, 0.2) is 6.10 Å². The molecule has 0 aromatic rings. The van der Waals surface area contributed by atoms with Crippen molar-refractivity contribution in [3.63, 3.8) is 0 Å². The van der Waals surface area contributed by atoms with E-state index < -0.39 is 38.6 Å². The monoisotopic (exact) mass is 738 g/mol. The number of rotatable bonds is 35. The Bertz CT molecular complexity index is 1030. The maximum Gasteiger partial charge on any atom is 0.469 e. The molecule has 9 nitrogen and oxygen atoms in total. The highest BCUT2D eigenvalue weighted by atomic mass is 31.2. The second kappa shape index (κ2) is 36.1. The van der Waals surface area contributed by atoms with Crippen LogP contribution in [0.3, 0.4) is 0 Å². The smallest absolute Gasteiger partial charge is 0.462 e. The highest BCUT2D eigenvalue weighted by molar-refractivity contribution is 7.46. The van der Waals surface area contributed by atoms with E-state index in [-0.39, 0.29) is 19.4 Å². The summed E-state index contributed by atoms with van der Waals surface area (Å²) in [5.41, 5.74) is 0. The van der Waals surface area contributed by atoms with Crippen LogP contribution in [0.1, 0.15) is 162 Å². The van der Waals surface area contributed by atoms with Gasteiger partial charge in [-0.05, 0) is 70.6 Å². The third-order valence-corrected chi connectivity index (χ3v) is 8.57. The Labute approximate surface area is 309 Å². The van der Waals surface area contributed by atoms with E-state index in [2.05, 4.69) is 48.8 Å². The van der Waals surface area contributed by atoms with Gasteiger partial charge >= 0.3 is 19.8 Å². The molecule has 0 spiro atoms. The van der Waals surface area contributed by atoms with Crippen LogP contribution in [0.25, 0.3) is 0 Å². The first-order chi connectivity index (χ1) is 24.7. The van der Waals surface area contributed by atoms with Gasteiger partial charge in [0.05, 0.1) is 12.7 Å². The Morgan fingerprint density at radius 1 is 0.608 bits per heavy atom. The van der Waals surface area contributed by atoms with Crippen LogP contribution in [0.15, 0.2) is 60.8 Å². The van der Waals surface area contributed by atoms with E-state index in [1.54, 1.807) is 12.2 Å². The number of allylic oxidation sites excluding steroid dienone is 8. The summed E-state index contributed by atoms with van der Waals surface area (Å²) >= 11 is 0. The van der Waals surface area contributed by atoms with Crippen molar-refractivity contribution < 1.29 is 43.0 Å². The molecule has 2 atom stereocenters. The molecule has 0 fully saturated rings. The zero-order valence-electron chi connectivity index (χ0n) is 31.8. The summed E-state index contributed by atoms with van der Waals surface area (Å²) in [7, 11) is -4.79. The number of unbranched alkanes of at least 4 members (excludes halogenated alkanes) is 15. The molecule has 0 aromatic carbocycles. The summed E-state index contributed by atoms with van der Waals surface area (Å²) in [4.78, 5) is 42.7. The highest BCUT2D eigenvalue weighted by Crippen LogP contribution is 2.36. The number of aliphatic hydroxyl groups excluding tert-OH is 1. The average Bonchev–Trinajstić information content (AvgIpc) is 3.09. The lowest BCUT2D eigenvalue weighted by Gasteiger charge is -2.18. The standard InChI is InChI=1S/C41H71O9P/c1-3-5-7-9-11-13-14-15-16-17-18-20-22-26-31-35-41(44)50-39(37-49-51(45,46)47)36-48-40(43)34-30-27-23-25-29-33-38(42)32-28-24-21-19-12-10-8-6-4-2/h12-14,19,23-25,28-29,33,38-39,42H,3-11,15-18,20-22,26-27,30-32,34-37H2,1-2H3,(H2,45,46,47)/b14-13-,19-12-,25-23+,28-24-,33-29-/t38?,39-/m1/s1. The lowest BCUT2D eigenvalue weighted by Crippen LogP contribution is -2.29. The van der Waals surface area contributed by atoms with Crippen LogP contribution in [-0.2, 0) is 28.2 Å². The van der Waals surface area contributed by atoms with Crippen LogP contribution in [0.4, 0.5) is 0 Å². The number of ether oxygens (including phenoxy) is 2. The van der Waals surface area contributed by atoms with E-state index in [1.807, 2.05) is 18.2 Å². The number of carbonyl (C=O) groups excluding carboxylic acids is 2. The SMILES string of the molecule is CCCCC/C=C\C/C=C\CC(O)/C=C\C=C\CCCC(=O)OC[C@H](COP(=O)(O)O)OC(=O)CCCCCCCCC/C=C\CCCCCC. The van der Waals surface area contributed by atoms with Crippen molar-refractivity contribution in [1.82, 2.24) is 0 Å². The molecule has 0 radical (unpaired) electrons. The molecule has 0 aliphatic rings. The molecule has 1 unspecified atom stereocenters. The molecule has 0 saturated heterocycles. The van der Waals surface area contributed by atoms with Crippen LogP contribution < -0.4 is 0 Å². The number of aliphatic hydroxyl groups is 1. The molecule has 0 aromatic heterocycles. The lowest BCUT2D eigenvalue weighted by molar-refractivity contribution is -0.161. The molecule has 0 bridgehead atoms. The molecular weight excluding hydrogens is 667 g/mol. The Hall–Kier alpha value is -2.29. The summed E-state index contributed by atoms with van der Waals surface area (Å²) in [5, 5.41) is 10.1. The number of carbonyl (C=O) groups is 2. The second-order valence-corrected chi connectivity index (χ2v) is 14.3. The minimum atomic E-state index is -4.79. The molecule has 0 aliphatic carbocycles. The van der Waals surface area contributed by atoms with Crippen LogP contribution in [-0.4, -0.2) is 52.3 Å². The third kappa shape index (κ3) is 38.8. The Morgan fingerprint density at radius 2 is 1.14 bits per heavy atom. The topological polar surface area (TPSA) is 140 Å². The first-order valence-corrected chi connectivity index (χ1v) is 21.2. The maximum absolute atomic E-state index is 12.4. The summed E-state index contributed by atoms with van der Waals surface area (Å²) in [6.07, 6.45) is 41.1. The van der Waals surface area contributed by atoms with E-state index in [0.29, 0.717) is 25.7 Å². The van der Waals surface area contributed by atoms with Crippen LogP contribution in [0, 0.1) is 0 Å². The van der Waals surface area contributed by atoms with Crippen molar-refractivity contribution in [2.75, 3.05) is 13.2 Å². The van der Waals surface area contributed by atoms with Crippen molar-refractivity contribution >= 4 is 19.8 Å². The van der Waals surface area contributed by atoms with Crippen molar-refractivity contribution in [3.05, 3.63) is 60.8 Å². The minimum absolute atomic E-state index is 0.129. The Balaban J connectivity index is 4.15. The fraction of sp³-hybridized carbons (Fsp3) is 0.707. The van der Waals surface area contributed by atoms with Gasteiger partial charge in [-0.3, -0.25) is 14.1 Å². The van der Waals surface area contributed by atoms with Gasteiger partial charge in [0, 0.05) is 12.8 Å². The van der Waals surface area contributed by atoms with Crippen molar-refractivity contribution in [1.29, 1.82) is 0 Å². The van der Waals surface area contributed by atoms with Crippen molar-refractivity contribution in [2.45, 2.75) is 174 Å². The Kier molecular flexibility index (Phi) is 34.5. The summed E-state index contributed by atoms with van der Waals surface area (Å²) in [6, 6.07) is 0. The van der Waals surface area contributed by atoms with Crippen LogP contribution >= 0.6 is 7.82 Å². The van der Waals surface area contributed by atoms with E-state index in [1.165, 1.54) is 70.6 Å². The van der Waals surface area contributed by atoms with E-state index in [0.717, 1.165) is 38.5 Å². The first-order valence-electron chi connectivity index (χ1n) is 19.7. The third-order valence-electron chi connectivity index (χ3n) is 8.09. The number of phosphoric acid groups is 1. The van der Waals surface area contributed by atoms with Crippen molar-refractivity contribution in [3.8, 4) is 0 Å². The quantitative estimate of drug-likeness (QED) is 0.0190. The molecule has 0 saturated carbocycles. The molecule has 0 amide bonds. The minimum Gasteiger partial charge on any atom is -0.462 e. The van der Waals surface area contributed by atoms with Gasteiger partial charge in [-0.15, -0.1) is 0 Å². The normalized spacial score (nSPS) is 13.7. The van der Waals surface area contributed by atoms with Gasteiger partial charge in [0.2, 0.25) is 0 Å².